The van der Waals surface area contributed by atoms with Crippen molar-refractivity contribution in [3.63, 3.8) is 0 Å². The zero-order chi connectivity index (χ0) is 15.4. The summed E-state index contributed by atoms with van der Waals surface area (Å²) < 4.78 is 11.6. The Hall–Kier alpha value is -1.84. The van der Waals surface area contributed by atoms with E-state index in [1.54, 1.807) is 6.07 Å². The molecule has 0 radical (unpaired) electrons. The molecule has 8 heteroatoms. The van der Waals surface area contributed by atoms with Gasteiger partial charge in [-0.3, -0.25) is 19.7 Å². The van der Waals surface area contributed by atoms with E-state index in [4.69, 9.17) is 9.47 Å². The zero-order valence-corrected chi connectivity index (χ0v) is 13.5. The number of nitrogens with one attached hydrogen (secondary N) is 1. The number of hydrogen-bond donors (Lipinski definition) is 1. The largest absolute Gasteiger partial charge is 0.454 e. The topological polar surface area (TPSA) is 84.9 Å². The third kappa shape index (κ3) is 1.89. The van der Waals surface area contributed by atoms with Crippen LogP contribution in [0.5, 0.6) is 11.5 Å². The van der Waals surface area contributed by atoms with E-state index in [2.05, 4.69) is 27.9 Å². The van der Waals surface area contributed by atoms with E-state index in [0.717, 1.165) is 9.13 Å². The van der Waals surface area contributed by atoms with Gasteiger partial charge in [0.15, 0.2) is 11.5 Å². The molecular formula is C14H11IN2O5. The van der Waals surface area contributed by atoms with Crippen LogP contribution in [0, 0.1) is 3.57 Å². The lowest BCUT2D eigenvalue weighted by Crippen LogP contribution is -2.52. The molecule has 0 aromatic heterocycles. The third-order valence-electron chi connectivity index (χ3n) is 4.10. The molecule has 1 aromatic carbocycles. The van der Waals surface area contributed by atoms with Crippen LogP contribution in [-0.4, -0.2) is 35.5 Å². The molecule has 3 aliphatic rings. The molecule has 7 nitrogen and oxygen atoms in total. The first-order chi connectivity index (χ1) is 10.6. The number of carbonyl (C=O) groups is 3. The molecule has 114 valence electrons. The molecule has 0 saturated carbocycles. The van der Waals surface area contributed by atoms with Crippen molar-refractivity contribution < 1.29 is 23.9 Å². The van der Waals surface area contributed by atoms with Crippen LogP contribution in [0.3, 0.4) is 0 Å². The molecular weight excluding hydrogens is 403 g/mol. The van der Waals surface area contributed by atoms with Crippen LogP contribution in [-0.2, 0) is 16.1 Å². The summed E-state index contributed by atoms with van der Waals surface area (Å²) in [6.07, 6.45) is 0.589. The van der Waals surface area contributed by atoms with Gasteiger partial charge in [-0.2, -0.15) is 0 Å². The first-order valence-electron chi connectivity index (χ1n) is 6.82. The highest BCUT2D eigenvalue weighted by Crippen LogP contribution is 2.44. The van der Waals surface area contributed by atoms with E-state index < -0.39 is 11.9 Å². The Kier molecular flexibility index (Phi) is 3.03. The SMILES string of the molecule is O=C1CCC(N2Cc3c4c(cc(I)c3C2=O)OCO4)C(=O)N1. The number of halogens is 1. The van der Waals surface area contributed by atoms with Crippen molar-refractivity contribution in [3.8, 4) is 11.5 Å². The van der Waals surface area contributed by atoms with Crippen LogP contribution in [0.2, 0.25) is 0 Å². The second kappa shape index (κ2) is 4.83. The van der Waals surface area contributed by atoms with Crippen molar-refractivity contribution in [2.24, 2.45) is 0 Å². The van der Waals surface area contributed by atoms with Crippen molar-refractivity contribution in [2.45, 2.75) is 25.4 Å². The van der Waals surface area contributed by atoms with Gasteiger partial charge in [-0.05, 0) is 35.1 Å². The molecule has 1 N–H and O–H groups in total. The molecule has 1 unspecified atom stereocenters. The molecule has 1 fully saturated rings. The molecule has 3 amide bonds. The molecule has 1 atom stereocenters. The summed E-state index contributed by atoms with van der Waals surface area (Å²) in [6, 6.07) is 1.15. The third-order valence-corrected chi connectivity index (χ3v) is 4.95. The van der Waals surface area contributed by atoms with Gasteiger partial charge in [0.2, 0.25) is 18.6 Å². The average Bonchev–Trinajstić information content (AvgIpc) is 3.04. The molecule has 0 aliphatic carbocycles. The quantitative estimate of drug-likeness (QED) is 0.543. The summed E-state index contributed by atoms with van der Waals surface area (Å²) in [5.74, 6) is 0.297. The summed E-state index contributed by atoms with van der Waals surface area (Å²) in [5, 5.41) is 2.29. The van der Waals surface area contributed by atoms with Crippen molar-refractivity contribution in [1.29, 1.82) is 0 Å². The Morgan fingerprint density at radius 3 is 2.86 bits per heavy atom. The number of ether oxygens (including phenoxy) is 2. The van der Waals surface area contributed by atoms with Gasteiger partial charge in [-0.25, -0.2) is 0 Å². The van der Waals surface area contributed by atoms with E-state index in [1.165, 1.54) is 4.90 Å². The summed E-state index contributed by atoms with van der Waals surface area (Å²) >= 11 is 2.09. The Morgan fingerprint density at radius 1 is 1.27 bits per heavy atom. The highest BCUT2D eigenvalue weighted by atomic mass is 127. The van der Waals surface area contributed by atoms with Crippen molar-refractivity contribution in [2.75, 3.05) is 6.79 Å². The molecule has 3 aliphatic heterocycles. The number of rotatable bonds is 1. The van der Waals surface area contributed by atoms with E-state index in [0.29, 0.717) is 30.0 Å². The number of imide groups is 1. The molecule has 22 heavy (non-hydrogen) atoms. The maximum Gasteiger partial charge on any atom is 0.256 e. The van der Waals surface area contributed by atoms with Crippen LogP contribution in [0.1, 0.15) is 28.8 Å². The minimum Gasteiger partial charge on any atom is -0.454 e. The highest BCUT2D eigenvalue weighted by Gasteiger charge is 2.42. The number of nitrogens with zero attached hydrogens (tertiary/aromatic N) is 1. The number of benzene rings is 1. The van der Waals surface area contributed by atoms with Crippen molar-refractivity contribution >= 4 is 40.3 Å². The lowest BCUT2D eigenvalue weighted by molar-refractivity contribution is -0.136. The Morgan fingerprint density at radius 2 is 2.09 bits per heavy atom. The summed E-state index contributed by atoms with van der Waals surface area (Å²) in [6.45, 7) is 0.428. The van der Waals surface area contributed by atoms with Crippen LogP contribution in [0.25, 0.3) is 0 Å². The molecule has 0 bridgehead atoms. The summed E-state index contributed by atoms with van der Waals surface area (Å²) in [5.41, 5.74) is 1.32. The first-order valence-corrected chi connectivity index (χ1v) is 7.90. The fraction of sp³-hybridized carbons (Fsp3) is 0.357. The van der Waals surface area contributed by atoms with E-state index in [9.17, 15) is 14.4 Å². The Balaban J connectivity index is 1.72. The lowest BCUT2D eigenvalue weighted by atomic mass is 10.0. The smallest absolute Gasteiger partial charge is 0.256 e. The zero-order valence-electron chi connectivity index (χ0n) is 11.3. The molecule has 3 heterocycles. The minimum absolute atomic E-state index is 0.133. The van der Waals surface area contributed by atoms with Gasteiger partial charge in [0.25, 0.3) is 5.91 Å². The van der Waals surface area contributed by atoms with Gasteiger partial charge in [0.05, 0.1) is 12.1 Å². The van der Waals surface area contributed by atoms with Crippen LogP contribution in [0.4, 0.5) is 0 Å². The normalized spacial score (nSPS) is 22.9. The van der Waals surface area contributed by atoms with E-state index in [1.807, 2.05) is 0 Å². The molecule has 1 saturated heterocycles. The van der Waals surface area contributed by atoms with E-state index in [-0.39, 0.29) is 25.0 Å². The number of carbonyl (C=O) groups excluding carboxylic acids is 3. The standard InChI is InChI=1S/C14H11IN2O5/c15-7-3-9-12(22-5-21-9)6-4-17(14(20)11(6)7)8-1-2-10(18)16-13(8)19/h3,8H,1-2,4-5H2,(H,16,18,19). The maximum atomic E-state index is 12.7. The summed E-state index contributed by atoms with van der Waals surface area (Å²) in [4.78, 5) is 37.5. The van der Waals surface area contributed by atoms with Gasteiger partial charge in [0.1, 0.15) is 6.04 Å². The number of amides is 3. The first kappa shape index (κ1) is 13.8. The summed E-state index contributed by atoms with van der Waals surface area (Å²) in [7, 11) is 0. The Bertz CT molecular complexity index is 732. The van der Waals surface area contributed by atoms with Crippen molar-refractivity contribution in [3.05, 3.63) is 20.8 Å². The average molecular weight is 414 g/mol. The number of piperidine rings is 1. The van der Waals surface area contributed by atoms with Gasteiger partial charge in [-0.15, -0.1) is 0 Å². The van der Waals surface area contributed by atoms with Crippen LogP contribution in [0.15, 0.2) is 6.07 Å². The second-order valence-corrected chi connectivity index (χ2v) is 6.51. The molecule has 1 aromatic rings. The van der Waals surface area contributed by atoms with Gasteiger partial charge >= 0.3 is 0 Å². The highest BCUT2D eigenvalue weighted by molar-refractivity contribution is 14.1. The molecule has 0 spiro atoms. The van der Waals surface area contributed by atoms with Crippen molar-refractivity contribution in [1.82, 2.24) is 10.2 Å². The maximum absolute atomic E-state index is 12.7. The Labute approximate surface area is 139 Å². The predicted molar refractivity (Wildman–Crippen MR) is 81.3 cm³/mol. The lowest BCUT2D eigenvalue weighted by Gasteiger charge is -2.29. The predicted octanol–water partition coefficient (Wildman–Crippen LogP) is 0.781. The van der Waals surface area contributed by atoms with Crippen LogP contribution >= 0.6 is 22.6 Å². The fourth-order valence-corrected chi connectivity index (χ4v) is 3.91. The number of fused-ring (bicyclic) bond motifs is 3. The van der Waals surface area contributed by atoms with E-state index >= 15 is 0 Å². The van der Waals surface area contributed by atoms with Gasteiger partial charge in [0, 0.05) is 15.6 Å². The number of hydrogen-bond acceptors (Lipinski definition) is 5. The second-order valence-electron chi connectivity index (χ2n) is 5.35. The minimum atomic E-state index is -0.619. The monoisotopic (exact) mass is 414 g/mol. The van der Waals surface area contributed by atoms with Gasteiger partial charge < -0.3 is 14.4 Å². The van der Waals surface area contributed by atoms with Crippen LogP contribution < -0.4 is 14.8 Å². The molecule has 4 rings (SSSR count). The fourth-order valence-electron chi connectivity index (χ4n) is 3.08. The van der Waals surface area contributed by atoms with Gasteiger partial charge in [-0.1, -0.05) is 0 Å².